The highest BCUT2D eigenvalue weighted by Crippen LogP contribution is 2.34. The summed E-state index contributed by atoms with van der Waals surface area (Å²) in [4.78, 5) is 12.7. The van der Waals surface area contributed by atoms with E-state index in [1.54, 1.807) is 0 Å². The Labute approximate surface area is 118 Å². The van der Waals surface area contributed by atoms with Crippen LogP contribution >= 0.6 is 0 Å². The first-order valence-electron chi connectivity index (χ1n) is 8.11. The van der Waals surface area contributed by atoms with Crippen molar-refractivity contribution < 1.29 is 4.79 Å². The van der Waals surface area contributed by atoms with Crippen molar-refractivity contribution in [1.29, 1.82) is 0 Å². The first-order chi connectivity index (χ1) is 9.09. The average molecular weight is 268 g/mol. The molecule has 1 amide bonds. The predicted octanol–water partition coefficient (Wildman–Crippen LogP) is 3.10. The fourth-order valence-corrected chi connectivity index (χ4v) is 3.45. The molecule has 0 radical (unpaired) electrons. The molecule has 1 unspecified atom stereocenters. The van der Waals surface area contributed by atoms with Gasteiger partial charge in [-0.15, -0.1) is 0 Å². The highest BCUT2D eigenvalue weighted by atomic mass is 16.2. The van der Waals surface area contributed by atoms with E-state index in [4.69, 9.17) is 0 Å². The third-order valence-corrected chi connectivity index (χ3v) is 4.89. The third kappa shape index (κ3) is 4.20. The fraction of sp³-hybridized carbons (Fsp3) is 0.938. The third-order valence-electron chi connectivity index (χ3n) is 4.89. The van der Waals surface area contributed by atoms with Crippen LogP contribution in [0.3, 0.4) is 0 Å². The topological polar surface area (TPSA) is 41.1 Å². The maximum atomic E-state index is 12.7. The molecule has 0 saturated carbocycles. The number of piperidine rings is 1. The van der Waals surface area contributed by atoms with Gasteiger partial charge in [0.15, 0.2) is 0 Å². The molecule has 0 spiro atoms. The van der Waals surface area contributed by atoms with Crippen LogP contribution in [0.5, 0.6) is 0 Å². The number of rotatable bonds is 7. The number of carbonyl (C=O) groups excluding carboxylic acids is 1. The fourth-order valence-electron chi connectivity index (χ4n) is 3.45. The summed E-state index contributed by atoms with van der Waals surface area (Å²) in [5, 5.41) is 6.68. The summed E-state index contributed by atoms with van der Waals surface area (Å²) in [6.07, 6.45) is 6.37. The Morgan fingerprint density at radius 3 is 2.26 bits per heavy atom. The number of amides is 1. The van der Waals surface area contributed by atoms with E-state index in [9.17, 15) is 4.79 Å². The molecular weight excluding hydrogens is 236 g/mol. The van der Waals surface area contributed by atoms with E-state index in [-0.39, 0.29) is 5.41 Å². The van der Waals surface area contributed by atoms with Crippen molar-refractivity contribution in [3.05, 3.63) is 0 Å². The lowest BCUT2D eigenvalue weighted by atomic mass is 9.74. The van der Waals surface area contributed by atoms with Gasteiger partial charge < -0.3 is 10.6 Å². The van der Waals surface area contributed by atoms with Gasteiger partial charge in [0.05, 0.1) is 5.41 Å². The van der Waals surface area contributed by atoms with Crippen LogP contribution in [0.25, 0.3) is 0 Å². The SMILES string of the molecule is CCCC1(C(=O)NC(C)C(CC)CC)CCNCC1. The Kier molecular flexibility index (Phi) is 6.84. The molecule has 1 aliphatic heterocycles. The Morgan fingerprint density at radius 2 is 1.79 bits per heavy atom. The van der Waals surface area contributed by atoms with Crippen molar-refractivity contribution in [2.24, 2.45) is 11.3 Å². The van der Waals surface area contributed by atoms with Crippen LogP contribution in [-0.4, -0.2) is 25.0 Å². The second kappa shape index (κ2) is 7.88. The molecule has 0 aromatic heterocycles. The van der Waals surface area contributed by atoms with Gasteiger partial charge in [0, 0.05) is 6.04 Å². The lowest BCUT2D eigenvalue weighted by molar-refractivity contribution is -0.134. The summed E-state index contributed by atoms with van der Waals surface area (Å²) in [6.45, 7) is 10.7. The van der Waals surface area contributed by atoms with E-state index in [1.807, 2.05) is 0 Å². The zero-order valence-electron chi connectivity index (χ0n) is 13.2. The van der Waals surface area contributed by atoms with Gasteiger partial charge in [-0.05, 0) is 45.2 Å². The lowest BCUT2D eigenvalue weighted by Gasteiger charge is -2.38. The monoisotopic (exact) mass is 268 g/mol. The molecule has 19 heavy (non-hydrogen) atoms. The molecule has 112 valence electrons. The standard InChI is InChI=1S/C16H32N2O/c1-5-8-16(9-11-17-12-10-16)15(19)18-13(4)14(6-2)7-3/h13-14,17H,5-12H2,1-4H3,(H,18,19). The zero-order chi connectivity index (χ0) is 14.3. The highest BCUT2D eigenvalue weighted by molar-refractivity contribution is 5.83. The van der Waals surface area contributed by atoms with Gasteiger partial charge in [-0.1, -0.05) is 40.0 Å². The molecule has 1 fully saturated rings. The minimum atomic E-state index is -0.111. The number of hydrogen-bond donors (Lipinski definition) is 2. The van der Waals surface area contributed by atoms with Gasteiger partial charge in [-0.2, -0.15) is 0 Å². The van der Waals surface area contributed by atoms with Crippen LogP contribution in [0.1, 0.15) is 66.2 Å². The molecule has 1 saturated heterocycles. The highest BCUT2D eigenvalue weighted by Gasteiger charge is 2.39. The normalized spacial score (nSPS) is 20.3. The van der Waals surface area contributed by atoms with Crippen LogP contribution in [0, 0.1) is 11.3 Å². The molecule has 0 bridgehead atoms. The van der Waals surface area contributed by atoms with Gasteiger partial charge in [-0.25, -0.2) is 0 Å². The van der Waals surface area contributed by atoms with Crippen molar-refractivity contribution in [3.8, 4) is 0 Å². The Balaban J connectivity index is 2.66. The lowest BCUT2D eigenvalue weighted by Crippen LogP contribution is -2.51. The molecule has 0 aromatic carbocycles. The maximum Gasteiger partial charge on any atom is 0.226 e. The van der Waals surface area contributed by atoms with Crippen LogP contribution in [0.15, 0.2) is 0 Å². The van der Waals surface area contributed by atoms with Crippen molar-refractivity contribution in [2.75, 3.05) is 13.1 Å². The van der Waals surface area contributed by atoms with Crippen LogP contribution in [-0.2, 0) is 4.79 Å². The number of carbonyl (C=O) groups is 1. The molecule has 0 aromatic rings. The van der Waals surface area contributed by atoms with Crippen molar-refractivity contribution in [1.82, 2.24) is 10.6 Å². The van der Waals surface area contributed by atoms with Crippen LogP contribution in [0.4, 0.5) is 0 Å². The molecule has 2 N–H and O–H groups in total. The van der Waals surface area contributed by atoms with E-state index >= 15 is 0 Å². The van der Waals surface area contributed by atoms with E-state index in [0.717, 1.165) is 51.6 Å². The minimum absolute atomic E-state index is 0.111. The van der Waals surface area contributed by atoms with Crippen molar-refractivity contribution >= 4 is 5.91 Å². The zero-order valence-corrected chi connectivity index (χ0v) is 13.2. The van der Waals surface area contributed by atoms with Gasteiger partial charge in [0.1, 0.15) is 0 Å². The first-order valence-corrected chi connectivity index (χ1v) is 8.11. The Hall–Kier alpha value is -0.570. The van der Waals surface area contributed by atoms with Crippen molar-refractivity contribution in [3.63, 3.8) is 0 Å². The molecule has 3 heteroatoms. The summed E-state index contributed by atoms with van der Waals surface area (Å²) >= 11 is 0. The van der Waals surface area contributed by atoms with Crippen LogP contribution < -0.4 is 10.6 Å². The minimum Gasteiger partial charge on any atom is -0.353 e. The Bertz CT molecular complexity index is 262. The molecule has 1 atom stereocenters. The van der Waals surface area contributed by atoms with Gasteiger partial charge in [0.25, 0.3) is 0 Å². The predicted molar refractivity (Wildman–Crippen MR) is 81.1 cm³/mol. The van der Waals surface area contributed by atoms with Crippen LogP contribution in [0.2, 0.25) is 0 Å². The second-order valence-corrected chi connectivity index (χ2v) is 6.12. The maximum absolute atomic E-state index is 12.7. The summed E-state index contributed by atoms with van der Waals surface area (Å²) < 4.78 is 0. The number of nitrogens with one attached hydrogen (secondary N) is 2. The summed E-state index contributed by atoms with van der Waals surface area (Å²) in [5.74, 6) is 0.902. The molecule has 0 aliphatic carbocycles. The average Bonchev–Trinajstić information content (AvgIpc) is 2.41. The van der Waals surface area contributed by atoms with E-state index in [2.05, 4.69) is 38.3 Å². The Morgan fingerprint density at radius 1 is 1.21 bits per heavy atom. The summed E-state index contributed by atoms with van der Waals surface area (Å²) in [6, 6.07) is 0.297. The van der Waals surface area contributed by atoms with Gasteiger partial charge in [-0.3, -0.25) is 4.79 Å². The molecule has 3 nitrogen and oxygen atoms in total. The quantitative estimate of drug-likeness (QED) is 0.745. The molecular formula is C16H32N2O. The van der Waals surface area contributed by atoms with Crippen molar-refractivity contribution in [2.45, 2.75) is 72.3 Å². The smallest absolute Gasteiger partial charge is 0.226 e. The number of hydrogen-bond acceptors (Lipinski definition) is 2. The van der Waals surface area contributed by atoms with E-state index in [0.29, 0.717) is 17.9 Å². The first kappa shape index (κ1) is 16.5. The van der Waals surface area contributed by atoms with E-state index in [1.165, 1.54) is 0 Å². The largest absolute Gasteiger partial charge is 0.353 e. The van der Waals surface area contributed by atoms with E-state index < -0.39 is 0 Å². The van der Waals surface area contributed by atoms with Gasteiger partial charge >= 0.3 is 0 Å². The molecule has 1 heterocycles. The second-order valence-electron chi connectivity index (χ2n) is 6.12. The molecule has 1 rings (SSSR count). The van der Waals surface area contributed by atoms with Gasteiger partial charge in [0.2, 0.25) is 5.91 Å². The summed E-state index contributed by atoms with van der Waals surface area (Å²) in [7, 11) is 0. The molecule has 1 aliphatic rings. The summed E-state index contributed by atoms with van der Waals surface area (Å²) in [5.41, 5.74) is -0.111.